The van der Waals surface area contributed by atoms with Crippen LogP contribution in [0.4, 0.5) is 5.69 Å². The maximum atomic E-state index is 3.72. The van der Waals surface area contributed by atoms with Gasteiger partial charge in [-0.15, -0.1) is 0 Å². The predicted octanol–water partition coefficient (Wildman–Crippen LogP) is 0.557. The van der Waals surface area contributed by atoms with Gasteiger partial charge in [0.05, 0.1) is 0 Å². The zero-order valence-corrected chi connectivity index (χ0v) is 8.84. The smallest absolute Gasteiger partial charge is 0.325 e. The van der Waals surface area contributed by atoms with Gasteiger partial charge in [-0.3, -0.25) is 0 Å². The van der Waals surface area contributed by atoms with Gasteiger partial charge in [0.2, 0.25) is 0 Å². The van der Waals surface area contributed by atoms with Gasteiger partial charge in [0.1, 0.15) is 5.69 Å². The van der Waals surface area contributed by atoms with Gasteiger partial charge in [0, 0.05) is 0 Å². The standard InChI is InChI=1S/C6H7N.Cd/c7-6-4-2-1-3-5-6;/h1-5H,7H2;/q;+2/p+1. The monoisotopic (exact) mass is 208 g/mol. The quantitative estimate of drug-likeness (QED) is 0.601. The average molecular weight is 207 g/mol. The van der Waals surface area contributed by atoms with Crippen LogP contribution in [0.25, 0.3) is 0 Å². The summed E-state index contributed by atoms with van der Waals surface area (Å²) in [6, 6.07) is 9.87. The van der Waals surface area contributed by atoms with Gasteiger partial charge in [0.25, 0.3) is 0 Å². The third-order valence-electron chi connectivity index (χ3n) is 0.843. The van der Waals surface area contributed by atoms with Crippen molar-refractivity contribution < 1.29 is 33.0 Å². The van der Waals surface area contributed by atoms with Gasteiger partial charge in [-0.2, -0.15) is 0 Å². The van der Waals surface area contributed by atoms with Crippen molar-refractivity contribution in [1.29, 1.82) is 0 Å². The summed E-state index contributed by atoms with van der Waals surface area (Å²) in [7, 11) is 0. The zero-order valence-electron chi connectivity index (χ0n) is 4.80. The van der Waals surface area contributed by atoms with Crippen molar-refractivity contribution in [1.82, 2.24) is 0 Å². The van der Waals surface area contributed by atoms with Crippen molar-refractivity contribution in [2.75, 3.05) is 0 Å². The summed E-state index contributed by atoms with van der Waals surface area (Å²) in [6.45, 7) is 0. The number of quaternary nitrogens is 1. The van der Waals surface area contributed by atoms with E-state index in [1.54, 1.807) is 0 Å². The largest absolute Gasteiger partial charge is 2.00 e. The van der Waals surface area contributed by atoms with E-state index in [1.165, 1.54) is 0 Å². The Morgan fingerprint density at radius 3 is 1.75 bits per heavy atom. The fourth-order valence-electron chi connectivity index (χ4n) is 0.478. The first kappa shape index (κ1) is 8.10. The first-order valence-corrected chi connectivity index (χ1v) is 2.26. The van der Waals surface area contributed by atoms with Gasteiger partial charge < -0.3 is 5.73 Å². The van der Waals surface area contributed by atoms with Crippen molar-refractivity contribution in [3.05, 3.63) is 30.3 Å². The first-order valence-electron chi connectivity index (χ1n) is 2.26. The molecule has 0 radical (unpaired) electrons. The number of hydrogen-bond acceptors (Lipinski definition) is 0. The fourth-order valence-corrected chi connectivity index (χ4v) is 0.478. The molecule has 0 heterocycles. The van der Waals surface area contributed by atoms with Crippen LogP contribution in [0.1, 0.15) is 0 Å². The normalized spacial score (nSPS) is 7.62. The molecule has 0 aromatic heterocycles. The van der Waals surface area contributed by atoms with Crippen LogP contribution in [0.15, 0.2) is 30.3 Å². The molecule has 0 fully saturated rings. The second-order valence-corrected chi connectivity index (χ2v) is 1.49. The molecule has 0 aliphatic rings. The van der Waals surface area contributed by atoms with Gasteiger partial charge in [-0.1, -0.05) is 18.2 Å². The fraction of sp³-hybridized carbons (Fsp3) is 0. The van der Waals surface area contributed by atoms with E-state index in [9.17, 15) is 0 Å². The first-order chi connectivity index (χ1) is 3.39. The van der Waals surface area contributed by atoms with E-state index in [0.29, 0.717) is 0 Å². The van der Waals surface area contributed by atoms with Gasteiger partial charge in [-0.25, -0.2) is 0 Å². The van der Waals surface area contributed by atoms with E-state index in [-0.39, 0.29) is 27.3 Å². The Hall–Kier alpha value is 0.102. The molecule has 0 aliphatic heterocycles. The number of hydrogen-bond donors (Lipinski definition) is 1. The van der Waals surface area contributed by atoms with Crippen LogP contribution in [-0.4, -0.2) is 0 Å². The molecule has 0 bridgehead atoms. The van der Waals surface area contributed by atoms with Crippen LogP contribution < -0.4 is 5.73 Å². The van der Waals surface area contributed by atoms with Crippen molar-refractivity contribution in [2.45, 2.75) is 0 Å². The van der Waals surface area contributed by atoms with Gasteiger partial charge >= 0.3 is 27.3 Å². The molecule has 1 aromatic rings. The van der Waals surface area contributed by atoms with E-state index in [2.05, 4.69) is 5.73 Å². The van der Waals surface area contributed by atoms with E-state index in [0.717, 1.165) is 5.69 Å². The summed E-state index contributed by atoms with van der Waals surface area (Å²) in [6.07, 6.45) is 0. The van der Waals surface area contributed by atoms with Crippen LogP contribution in [0, 0.1) is 0 Å². The average Bonchev–Trinajstić information content (AvgIpc) is 1.69. The zero-order chi connectivity index (χ0) is 5.11. The van der Waals surface area contributed by atoms with Gasteiger partial charge in [-0.05, 0) is 12.1 Å². The Bertz CT molecular complexity index is 138. The molecule has 1 nitrogen and oxygen atoms in total. The molecule has 0 spiro atoms. The summed E-state index contributed by atoms with van der Waals surface area (Å²) in [5, 5.41) is 0. The minimum atomic E-state index is 0. The summed E-state index contributed by atoms with van der Waals surface area (Å²) in [5.74, 6) is 0. The number of benzene rings is 1. The van der Waals surface area contributed by atoms with E-state index in [1.807, 2.05) is 30.3 Å². The Balaban J connectivity index is 0.000000490. The van der Waals surface area contributed by atoms with Crippen LogP contribution in [-0.2, 0) is 27.3 Å². The van der Waals surface area contributed by atoms with Crippen molar-refractivity contribution in [3.8, 4) is 0 Å². The van der Waals surface area contributed by atoms with E-state index in [4.69, 9.17) is 0 Å². The molecule has 0 saturated heterocycles. The van der Waals surface area contributed by atoms with Crippen molar-refractivity contribution in [2.24, 2.45) is 0 Å². The minimum Gasteiger partial charge on any atom is -0.325 e. The van der Waals surface area contributed by atoms with Crippen molar-refractivity contribution in [3.63, 3.8) is 0 Å². The van der Waals surface area contributed by atoms with Crippen molar-refractivity contribution >= 4 is 5.69 Å². The Morgan fingerprint density at radius 2 is 1.50 bits per heavy atom. The molecule has 1 aromatic carbocycles. The third kappa shape index (κ3) is 2.42. The van der Waals surface area contributed by atoms with Crippen LogP contribution in [0.2, 0.25) is 0 Å². The van der Waals surface area contributed by atoms with E-state index >= 15 is 0 Å². The van der Waals surface area contributed by atoms with Gasteiger partial charge in [0.15, 0.2) is 0 Å². The molecule has 8 heavy (non-hydrogen) atoms. The predicted molar refractivity (Wildman–Crippen MR) is 29.0 cm³/mol. The Morgan fingerprint density at radius 1 is 1.00 bits per heavy atom. The third-order valence-corrected chi connectivity index (χ3v) is 0.843. The molecule has 0 amide bonds. The Kier molecular flexibility index (Phi) is 4.08. The molecule has 2 heteroatoms. The molecular weight excluding hydrogens is 198 g/mol. The number of rotatable bonds is 0. The second kappa shape index (κ2) is 4.03. The summed E-state index contributed by atoms with van der Waals surface area (Å²) < 4.78 is 0. The summed E-state index contributed by atoms with van der Waals surface area (Å²) in [4.78, 5) is 0. The minimum absolute atomic E-state index is 0. The maximum Gasteiger partial charge on any atom is 2.00 e. The molecule has 0 saturated carbocycles. The molecular formula is C6H8CdN+3. The SMILES string of the molecule is [Cd+2].[NH3+]c1ccccc1. The topological polar surface area (TPSA) is 27.6 Å². The summed E-state index contributed by atoms with van der Waals surface area (Å²) in [5.41, 5.74) is 4.79. The van der Waals surface area contributed by atoms with Crippen LogP contribution >= 0.6 is 0 Å². The Labute approximate surface area is 69.1 Å². The summed E-state index contributed by atoms with van der Waals surface area (Å²) >= 11 is 0. The van der Waals surface area contributed by atoms with Crippen LogP contribution in [0.3, 0.4) is 0 Å². The van der Waals surface area contributed by atoms with E-state index < -0.39 is 0 Å². The molecule has 0 atom stereocenters. The maximum absolute atomic E-state index is 3.72. The van der Waals surface area contributed by atoms with Crippen LogP contribution in [0.5, 0.6) is 0 Å². The molecule has 0 aliphatic carbocycles. The molecule has 36 valence electrons. The second-order valence-electron chi connectivity index (χ2n) is 1.49. The molecule has 1 rings (SSSR count). The molecule has 0 unspecified atom stereocenters. The molecule has 3 N–H and O–H groups in total.